The minimum absolute atomic E-state index is 0.0329. The van der Waals surface area contributed by atoms with E-state index < -0.39 is 4.92 Å². The lowest BCUT2D eigenvalue weighted by atomic mass is 10.2. The Hall–Kier alpha value is -1.72. The molecule has 0 aliphatic heterocycles. The number of aromatic nitrogens is 2. The summed E-state index contributed by atoms with van der Waals surface area (Å²) in [6.45, 7) is 2.02. The van der Waals surface area contributed by atoms with Gasteiger partial charge in [0.25, 0.3) is 0 Å². The molecule has 76 valence electrons. The largest absolute Gasteiger partial charge is 0.307 e. The summed E-state index contributed by atoms with van der Waals surface area (Å²) >= 11 is 0. The van der Waals surface area contributed by atoms with E-state index in [-0.39, 0.29) is 18.0 Å². The standard InChI is InChI=1S/C8H11N3O3/c1-2-3-8(12)6-10-5-7(4-9-10)11(13)14/h4-5H,2-3,6H2,1H3. The zero-order valence-electron chi connectivity index (χ0n) is 7.84. The molecule has 0 aromatic carbocycles. The molecular formula is C8H11N3O3. The van der Waals surface area contributed by atoms with E-state index >= 15 is 0 Å². The van der Waals surface area contributed by atoms with E-state index in [1.807, 2.05) is 6.92 Å². The minimum atomic E-state index is -0.534. The fourth-order valence-corrected chi connectivity index (χ4v) is 1.07. The Bertz CT molecular complexity index is 345. The molecule has 0 aliphatic rings. The molecule has 0 radical (unpaired) electrons. The zero-order chi connectivity index (χ0) is 10.6. The van der Waals surface area contributed by atoms with E-state index in [0.717, 1.165) is 12.6 Å². The van der Waals surface area contributed by atoms with Gasteiger partial charge in [-0.25, -0.2) is 0 Å². The van der Waals surface area contributed by atoms with Crippen molar-refractivity contribution in [1.82, 2.24) is 9.78 Å². The maximum Gasteiger partial charge on any atom is 0.307 e. The Morgan fingerprint density at radius 1 is 1.71 bits per heavy atom. The normalized spacial score (nSPS) is 10.1. The van der Waals surface area contributed by atoms with Gasteiger partial charge in [-0.15, -0.1) is 0 Å². The fraction of sp³-hybridized carbons (Fsp3) is 0.500. The maximum absolute atomic E-state index is 11.2. The number of hydrogen-bond donors (Lipinski definition) is 0. The summed E-state index contributed by atoms with van der Waals surface area (Å²) in [7, 11) is 0. The Morgan fingerprint density at radius 2 is 2.43 bits per heavy atom. The highest BCUT2D eigenvalue weighted by Crippen LogP contribution is 2.07. The Labute approximate surface area is 80.7 Å². The highest BCUT2D eigenvalue weighted by atomic mass is 16.6. The van der Waals surface area contributed by atoms with Crippen molar-refractivity contribution in [2.24, 2.45) is 0 Å². The van der Waals surface area contributed by atoms with Crippen LogP contribution < -0.4 is 0 Å². The molecule has 0 aliphatic carbocycles. The number of hydrogen-bond acceptors (Lipinski definition) is 4. The van der Waals surface area contributed by atoms with Crippen molar-refractivity contribution < 1.29 is 9.72 Å². The van der Waals surface area contributed by atoms with E-state index in [2.05, 4.69) is 5.10 Å². The lowest BCUT2D eigenvalue weighted by molar-refractivity contribution is -0.385. The highest BCUT2D eigenvalue weighted by molar-refractivity contribution is 5.78. The van der Waals surface area contributed by atoms with Crippen LogP contribution in [0.4, 0.5) is 5.69 Å². The van der Waals surface area contributed by atoms with Gasteiger partial charge in [-0.2, -0.15) is 5.10 Å². The fourth-order valence-electron chi connectivity index (χ4n) is 1.07. The van der Waals surface area contributed by atoms with Crippen molar-refractivity contribution >= 4 is 11.5 Å². The van der Waals surface area contributed by atoms with Gasteiger partial charge in [-0.1, -0.05) is 6.92 Å². The van der Waals surface area contributed by atoms with Crippen molar-refractivity contribution in [2.45, 2.75) is 26.3 Å². The topological polar surface area (TPSA) is 78.0 Å². The smallest absolute Gasteiger partial charge is 0.298 e. The van der Waals surface area contributed by atoms with Crippen molar-refractivity contribution in [3.63, 3.8) is 0 Å². The summed E-state index contributed by atoms with van der Waals surface area (Å²) in [6, 6.07) is 0. The molecule has 0 saturated heterocycles. The van der Waals surface area contributed by atoms with Crippen LogP contribution in [-0.4, -0.2) is 20.5 Å². The van der Waals surface area contributed by atoms with Crippen LogP contribution in [0.15, 0.2) is 12.4 Å². The average Bonchev–Trinajstić information content (AvgIpc) is 2.53. The SMILES string of the molecule is CCCC(=O)Cn1cc([N+](=O)[O-])cn1. The number of nitro groups is 1. The maximum atomic E-state index is 11.2. The third-order valence-electron chi connectivity index (χ3n) is 1.70. The first-order chi connectivity index (χ1) is 6.63. The molecule has 0 atom stereocenters. The summed E-state index contributed by atoms with van der Waals surface area (Å²) in [5, 5.41) is 14.0. The molecule has 1 heterocycles. The number of rotatable bonds is 5. The molecular weight excluding hydrogens is 186 g/mol. The molecule has 6 nitrogen and oxygen atoms in total. The predicted molar refractivity (Wildman–Crippen MR) is 48.8 cm³/mol. The molecule has 6 heteroatoms. The van der Waals surface area contributed by atoms with Crippen molar-refractivity contribution in [3.8, 4) is 0 Å². The number of carbonyl (C=O) groups excluding carboxylic acids is 1. The van der Waals surface area contributed by atoms with Crippen LogP contribution in [0.1, 0.15) is 19.8 Å². The molecule has 0 amide bonds. The summed E-state index contributed by atoms with van der Waals surface area (Å²) in [4.78, 5) is 20.9. The second kappa shape index (κ2) is 4.50. The summed E-state index contributed by atoms with van der Waals surface area (Å²) in [5.74, 6) is 0.0329. The van der Waals surface area contributed by atoms with Gasteiger partial charge in [0.1, 0.15) is 12.4 Å². The molecule has 1 aromatic heterocycles. The van der Waals surface area contributed by atoms with Crippen LogP contribution in [0.25, 0.3) is 0 Å². The number of carbonyl (C=O) groups is 1. The van der Waals surface area contributed by atoms with Gasteiger partial charge in [-0.3, -0.25) is 19.6 Å². The van der Waals surface area contributed by atoms with Crippen molar-refractivity contribution in [2.75, 3.05) is 0 Å². The number of Topliss-reactive ketones (excluding diaryl/α,β-unsaturated/α-hetero) is 1. The van der Waals surface area contributed by atoms with Crippen LogP contribution in [0.3, 0.4) is 0 Å². The predicted octanol–water partition coefficient (Wildman–Crippen LogP) is 1.16. The van der Waals surface area contributed by atoms with Gasteiger partial charge in [0, 0.05) is 6.42 Å². The van der Waals surface area contributed by atoms with Gasteiger partial charge in [0.2, 0.25) is 0 Å². The third-order valence-corrected chi connectivity index (χ3v) is 1.70. The average molecular weight is 197 g/mol. The second-order valence-electron chi connectivity index (χ2n) is 2.94. The molecule has 1 rings (SSSR count). The molecule has 0 N–H and O–H groups in total. The summed E-state index contributed by atoms with van der Waals surface area (Å²) in [6.07, 6.45) is 3.66. The first kappa shape index (κ1) is 10.4. The van der Waals surface area contributed by atoms with Crippen LogP contribution in [-0.2, 0) is 11.3 Å². The Kier molecular flexibility index (Phi) is 3.33. The highest BCUT2D eigenvalue weighted by Gasteiger charge is 2.10. The quantitative estimate of drug-likeness (QED) is 0.524. The van der Waals surface area contributed by atoms with Crippen LogP contribution >= 0.6 is 0 Å². The molecule has 0 saturated carbocycles. The van der Waals surface area contributed by atoms with E-state index in [0.29, 0.717) is 6.42 Å². The Morgan fingerprint density at radius 3 is 2.93 bits per heavy atom. The van der Waals surface area contributed by atoms with Crippen molar-refractivity contribution in [3.05, 3.63) is 22.5 Å². The Balaban J connectivity index is 2.59. The molecule has 0 spiro atoms. The van der Waals surface area contributed by atoms with E-state index in [9.17, 15) is 14.9 Å². The van der Waals surface area contributed by atoms with E-state index in [4.69, 9.17) is 0 Å². The van der Waals surface area contributed by atoms with Crippen LogP contribution in [0.2, 0.25) is 0 Å². The van der Waals surface area contributed by atoms with Gasteiger partial charge < -0.3 is 0 Å². The van der Waals surface area contributed by atoms with E-state index in [1.165, 1.54) is 10.9 Å². The molecule has 1 aromatic rings. The van der Waals surface area contributed by atoms with Crippen LogP contribution in [0.5, 0.6) is 0 Å². The molecule has 14 heavy (non-hydrogen) atoms. The second-order valence-corrected chi connectivity index (χ2v) is 2.94. The lowest BCUT2D eigenvalue weighted by Crippen LogP contribution is -2.09. The van der Waals surface area contributed by atoms with Gasteiger partial charge in [0.05, 0.1) is 11.5 Å². The lowest BCUT2D eigenvalue weighted by Gasteiger charge is -1.97. The first-order valence-corrected chi connectivity index (χ1v) is 4.32. The molecule has 0 bridgehead atoms. The molecule has 0 unspecified atom stereocenters. The molecule has 0 fully saturated rings. The van der Waals surface area contributed by atoms with E-state index in [1.54, 1.807) is 0 Å². The first-order valence-electron chi connectivity index (χ1n) is 4.32. The van der Waals surface area contributed by atoms with Gasteiger partial charge >= 0.3 is 5.69 Å². The van der Waals surface area contributed by atoms with Gasteiger partial charge in [-0.05, 0) is 6.42 Å². The number of nitrogens with zero attached hydrogens (tertiary/aromatic N) is 3. The van der Waals surface area contributed by atoms with Crippen LogP contribution in [0, 0.1) is 10.1 Å². The third kappa shape index (κ3) is 2.65. The monoisotopic (exact) mass is 197 g/mol. The summed E-state index contributed by atoms with van der Waals surface area (Å²) in [5.41, 5.74) is -0.0886. The summed E-state index contributed by atoms with van der Waals surface area (Å²) < 4.78 is 1.29. The minimum Gasteiger partial charge on any atom is -0.298 e. The zero-order valence-corrected chi connectivity index (χ0v) is 7.84. The van der Waals surface area contributed by atoms with Crippen molar-refractivity contribution in [1.29, 1.82) is 0 Å². The van der Waals surface area contributed by atoms with Gasteiger partial charge in [0.15, 0.2) is 5.78 Å². The number of ketones is 1.